The Labute approximate surface area is 98.0 Å². The molecule has 1 rings (SSSR count). The van der Waals surface area contributed by atoms with E-state index in [0.717, 1.165) is 6.07 Å². The van der Waals surface area contributed by atoms with Crippen molar-refractivity contribution >= 4 is 28.5 Å². The minimum absolute atomic E-state index is 0.372. The molecule has 90 valence electrons. The lowest BCUT2D eigenvalue weighted by Gasteiger charge is -2.05. The molecular weight excluding hydrogens is 251 g/mol. The average molecular weight is 258 g/mol. The van der Waals surface area contributed by atoms with Crippen molar-refractivity contribution in [2.24, 2.45) is 0 Å². The Morgan fingerprint density at radius 3 is 2.59 bits per heavy atom. The number of hydrogen-bond acceptors (Lipinski definition) is 7. The zero-order valence-corrected chi connectivity index (χ0v) is 9.43. The van der Waals surface area contributed by atoms with E-state index in [-0.39, 0.29) is 5.75 Å². The van der Waals surface area contributed by atoms with Crippen LogP contribution in [0.1, 0.15) is 0 Å². The van der Waals surface area contributed by atoms with Gasteiger partial charge in [-0.3, -0.25) is 10.1 Å². The maximum Gasteiger partial charge on any atom is 0.317 e. The molecule has 0 aromatic heterocycles. The van der Waals surface area contributed by atoms with Crippen molar-refractivity contribution < 1.29 is 22.6 Å². The lowest BCUT2D eigenvalue weighted by molar-refractivity contribution is -0.387. The summed E-state index contributed by atoms with van der Waals surface area (Å²) in [4.78, 5) is 14.2. The number of nitrogens with one attached hydrogen (secondary N) is 1. The Morgan fingerprint density at radius 2 is 2.12 bits per heavy atom. The first-order valence-electron chi connectivity index (χ1n) is 4.18. The fraction of sp³-hybridized carbons (Fsp3) is 0.143. The standard InChI is InChI=1S/C7H7BN2O6S/c1-9-5-2-3-7(6(4-5)10(11)12)15-16-17(8,13)14/h2-4,9H,1H3. The molecule has 0 atom stereocenters. The number of anilines is 1. The first kappa shape index (κ1) is 13.3. The third-order valence-corrected chi connectivity index (χ3v) is 1.92. The summed E-state index contributed by atoms with van der Waals surface area (Å²) in [5.41, 5.74) is 0.000144. The van der Waals surface area contributed by atoms with Gasteiger partial charge in [0.15, 0.2) is 0 Å². The number of rotatable bonds is 5. The lowest BCUT2D eigenvalue weighted by atomic mass is 10.2. The molecule has 0 aliphatic rings. The first-order chi connectivity index (χ1) is 7.83. The molecule has 0 unspecified atom stereocenters. The second-order valence-electron chi connectivity index (χ2n) is 2.83. The largest absolute Gasteiger partial charge is 0.388 e. The Hall–Kier alpha value is -1.81. The summed E-state index contributed by atoms with van der Waals surface area (Å²) < 4.78 is 24.7. The Kier molecular flexibility index (Phi) is 3.91. The van der Waals surface area contributed by atoms with Crippen molar-refractivity contribution in [1.82, 2.24) is 0 Å². The molecule has 10 heteroatoms. The Morgan fingerprint density at radius 1 is 1.47 bits per heavy atom. The highest BCUT2D eigenvalue weighted by atomic mass is 32.2. The predicted octanol–water partition coefficient (Wildman–Crippen LogP) is 0.360. The maximum atomic E-state index is 10.7. The van der Waals surface area contributed by atoms with Gasteiger partial charge in [-0.05, 0) is 12.1 Å². The van der Waals surface area contributed by atoms with Crippen LogP contribution in [-0.2, 0) is 14.3 Å². The van der Waals surface area contributed by atoms with Crippen LogP contribution >= 0.6 is 0 Å². The molecule has 0 bridgehead atoms. The Bertz CT molecular complexity index is 531. The summed E-state index contributed by atoms with van der Waals surface area (Å²) in [6.45, 7) is 0. The molecule has 0 fully saturated rings. The number of nitro benzene ring substituents is 1. The van der Waals surface area contributed by atoms with Crippen LogP contribution in [0.4, 0.5) is 11.4 Å². The van der Waals surface area contributed by atoms with Gasteiger partial charge in [0.1, 0.15) is 0 Å². The molecule has 0 spiro atoms. The quantitative estimate of drug-likeness (QED) is 0.351. The molecule has 8 nitrogen and oxygen atoms in total. The van der Waals surface area contributed by atoms with Gasteiger partial charge in [-0.1, -0.05) is 4.33 Å². The van der Waals surface area contributed by atoms with E-state index in [1.807, 2.05) is 0 Å². The number of hydrogen-bond donors (Lipinski definition) is 1. The second kappa shape index (κ2) is 5.02. The van der Waals surface area contributed by atoms with Crippen LogP contribution in [0.3, 0.4) is 0 Å². The van der Waals surface area contributed by atoms with Gasteiger partial charge >= 0.3 is 5.69 Å². The van der Waals surface area contributed by atoms with Crippen LogP contribution in [-0.4, -0.2) is 27.5 Å². The maximum absolute atomic E-state index is 10.7. The molecule has 0 aliphatic carbocycles. The smallest absolute Gasteiger partial charge is 0.317 e. The topological polar surface area (TPSA) is 108 Å². The number of nitrogens with zero attached hydrogens (tertiary/aromatic N) is 1. The van der Waals surface area contributed by atoms with E-state index in [1.54, 1.807) is 7.05 Å². The van der Waals surface area contributed by atoms with E-state index in [0.29, 0.717) is 5.69 Å². The van der Waals surface area contributed by atoms with Crippen LogP contribution in [0.5, 0.6) is 5.75 Å². The molecule has 17 heavy (non-hydrogen) atoms. The molecule has 0 amide bonds. The van der Waals surface area contributed by atoms with Gasteiger partial charge in [0, 0.05) is 18.8 Å². The number of nitro groups is 1. The number of benzene rings is 1. The zero-order chi connectivity index (χ0) is 13.1. The fourth-order valence-electron chi connectivity index (χ4n) is 0.970. The van der Waals surface area contributed by atoms with Crippen LogP contribution < -0.4 is 10.2 Å². The molecule has 0 heterocycles. The van der Waals surface area contributed by atoms with Crippen molar-refractivity contribution in [3.63, 3.8) is 0 Å². The third kappa shape index (κ3) is 3.92. The van der Waals surface area contributed by atoms with E-state index in [9.17, 15) is 18.5 Å². The third-order valence-electron chi connectivity index (χ3n) is 1.66. The zero-order valence-electron chi connectivity index (χ0n) is 8.61. The van der Waals surface area contributed by atoms with Crippen molar-refractivity contribution in [2.45, 2.75) is 0 Å². The average Bonchev–Trinajstić information content (AvgIpc) is 2.25. The molecule has 1 aromatic carbocycles. The fourth-order valence-corrected chi connectivity index (χ4v) is 1.14. The van der Waals surface area contributed by atoms with E-state index >= 15 is 0 Å². The van der Waals surface area contributed by atoms with E-state index in [1.165, 1.54) is 12.1 Å². The lowest BCUT2D eigenvalue weighted by Crippen LogP contribution is -2.09. The summed E-state index contributed by atoms with van der Waals surface area (Å²) in [7, 11) is 1.74. The van der Waals surface area contributed by atoms with Gasteiger partial charge in [-0.25, -0.2) is 8.42 Å². The van der Waals surface area contributed by atoms with Gasteiger partial charge < -0.3 is 10.2 Å². The molecule has 1 N–H and O–H groups in total. The molecule has 0 saturated heterocycles. The normalized spacial score (nSPS) is 10.9. The predicted molar refractivity (Wildman–Crippen MR) is 59.0 cm³/mol. The summed E-state index contributed by atoms with van der Waals surface area (Å²) in [5, 5.41) is 13.4. The van der Waals surface area contributed by atoms with Gasteiger partial charge in [0.25, 0.3) is 7.12 Å². The van der Waals surface area contributed by atoms with Crippen molar-refractivity contribution in [2.75, 3.05) is 12.4 Å². The molecular formula is C7H7BN2O6S. The van der Waals surface area contributed by atoms with Crippen LogP contribution in [0.15, 0.2) is 18.2 Å². The van der Waals surface area contributed by atoms with Crippen molar-refractivity contribution in [3.8, 4) is 5.75 Å². The summed E-state index contributed by atoms with van der Waals surface area (Å²) in [5.74, 6) is -0.372. The van der Waals surface area contributed by atoms with Crippen LogP contribution in [0.25, 0.3) is 0 Å². The highest BCUT2D eigenvalue weighted by molar-refractivity contribution is 8.08. The van der Waals surface area contributed by atoms with Crippen LogP contribution in [0.2, 0.25) is 0 Å². The summed E-state index contributed by atoms with van der Waals surface area (Å²) in [6.07, 6.45) is 0. The van der Waals surface area contributed by atoms with Crippen LogP contribution in [0, 0.1) is 10.1 Å². The van der Waals surface area contributed by atoms with Gasteiger partial charge in [-0.2, -0.15) is 0 Å². The van der Waals surface area contributed by atoms with Gasteiger partial charge in [0.2, 0.25) is 15.7 Å². The second-order valence-corrected chi connectivity index (χ2v) is 3.96. The molecule has 0 saturated carbocycles. The molecule has 0 aliphatic heterocycles. The minimum Gasteiger partial charge on any atom is -0.388 e. The first-order valence-corrected chi connectivity index (χ1v) is 5.65. The monoisotopic (exact) mass is 258 g/mol. The Balaban J connectivity index is 3.03. The highest BCUT2D eigenvalue weighted by Crippen LogP contribution is 2.30. The van der Waals surface area contributed by atoms with Crippen molar-refractivity contribution in [3.05, 3.63) is 28.3 Å². The summed E-state index contributed by atoms with van der Waals surface area (Å²) >= 11 is 0. The molecule has 2 radical (unpaired) electrons. The molecule has 1 aromatic rings. The summed E-state index contributed by atoms with van der Waals surface area (Å²) in [6, 6.07) is 3.77. The van der Waals surface area contributed by atoms with E-state index in [4.69, 9.17) is 0 Å². The minimum atomic E-state index is -4.34. The van der Waals surface area contributed by atoms with Crippen molar-refractivity contribution in [1.29, 1.82) is 0 Å². The SMILES string of the molecule is [B]S(=O)(=O)OOc1ccc(NC)cc1[N+](=O)[O-]. The van der Waals surface area contributed by atoms with Gasteiger partial charge in [-0.15, -0.1) is 0 Å². The van der Waals surface area contributed by atoms with Gasteiger partial charge in [0.05, 0.1) is 4.92 Å². The van der Waals surface area contributed by atoms with E-state index < -0.39 is 20.6 Å². The van der Waals surface area contributed by atoms with E-state index in [2.05, 4.69) is 21.7 Å². The highest BCUT2D eigenvalue weighted by Gasteiger charge is 2.18.